The monoisotopic (exact) mass is 466 g/mol. The van der Waals surface area contributed by atoms with Gasteiger partial charge in [-0.15, -0.1) is 0 Å². The number of hydrogen-bond acceptors (Lipinski definition) is 7. The lowest BCUT2D eigenvalue weighted by atomic mass is 10.2. The van der Waals surface area contributed by atoms with Gasteiger partial charge >= 0.3 is 5.97 Å². The number of carbonyl (C=O) groups is 1. The van der Waals surface area contributed by atoms with Crippen LogP contribution in [0.2, 0.25) is 0 Å². The minimum Gasteiger partial charge on any atom is -0.508 e. The van der Waals surface area contributed by atoms with Crippen molar-refractivity contribution in [3.8, 4) is 11.7 Å². The van der Waals surface area contributed by atoms with Gasteiger partial charge in [0.15, 0.2) is 11.5 Å². The summed E-state index contributed by atoms with van der Waals surface area (Å²) in [6, 6.07) is 6.74. The number of phenolic OH excluding ortho intramolecular Hbond substituents is 1. The zero-order valence-corrected chi connectivity index (χ0v) is 15.2. The highest BCUT2D eigenvalue weighted by molar-refractivity contribution is 14.2. The third-order valence-corrected chi connectivity index (χ3v) is 5.64. The number of hydrogen-bond donors (Lipinski definition) is 3. The number of rotatable bonds is 4. The van der Waals surface area contributed by atoms with Gasteiger partial charge in [-0.25, -0.2) is 9.48 Å². The van der Waals surface area contributed by atoms with E-state index >= 15 is 0 Å². The van der Waals surface area contributed by atoms with Crippen LogP contribution in [0.5, 0.6) is 5.75 Å². The van der Waals surface area contributed by atoms with Crippen LogP contribution in [0.1, 0.15) is 15.9 Å². The molecule has 2 aromatic heterocycles. The number of halogens is 1. The Morgan fingerprint density at radius 3 is 2.73 bits per heavy atom. The molecule has 10 nitrogen and oxygen atoms in total. The molecule has 0 saturated heterocycles. The van der Waals surface area contributed by atoms with Crippen LogP contribution in [0, 0.1) is 0 Å². The second kappa shape index (κ2) is 6.33. The van der Waals surface area contributed by atoms with Gasteiger partial charge < -0.3 is 10.2 Å². The third kappa shape index (κ3) is 2.96. The summed E-state index contributed by atoms with van der Waals surface area (Å²) < 4.78 is 7.45. The van der Waals surface area contributed by atoms with Gasteiger partial charge in [0.2, 0.25) is 5.95 Å². The maximum atomic E-state index is 12.5. The number of aromatic amines is 1. The summed E-state index contributed by atoms with van der Waals surface area (Å²) in [5.41, 5.74) is 0.955. The van der Waals surface area contributed by atoms with Gasteiger partial charge in [-0.05, 0) is 17.7 Å². The van der Waals surface area contributed by atoms with Crippen molar-refractivity contribution in [1.29, 1.82) is 0 Å². The van der Waals surface area contributed by atoms with Crippen LogP contribution in [0.25, 0.3) is 5.95 Å². The predicted octanol–water partition coefficient (Wildman–Crippen LogP) is 2.08. The summed E-state index contributed by atoms with van der Waals surface area (Å²) in [7, 11) is 0. The molecule has 3 heterocycles. The van der Waals surface area contributed by atoms with Gasteiger partial charge in [-0.1, -0.05) is 12.1 Å². The summed E-state index contributed by atoms with van der Waals surface area (Å²) in [6.07, 6.45) is 2.45. The average Bonchev–Trinajstić information content (AvgIpc) is 3.25. The Labute approximate surface area is 156 Å². The Morgan fingerprint density at radius 2 is 2.04 bits per heavy atom. The molecular formula is C15H11IN6O4. The zero-order chi connectivity index (χ0) is 18.3. The molecule has 3 N–H and O–H groups in total. The molecule has 0 amide bonds. The Morgan fingerprint density at radius 1 is 1.27 bits per heavy atom. The first-order chi connectivity index (χ1) is 12.5. The smallest absolute Gasteiger partial charge is 0.338 e. The summed E-state index contributed by atoms with van der Waals surface area (Å²) in [5.74, 6) is -0.502. The zero-order valence-electron chi connectivity index (χ0n) is 13.0. The minimum absolute atomic E-state index is 0.00790. The number of anilines is 1. The van der Waals surface area contributed by atoms with Crippen LogP contribution in [-0.4, -0.2) is 35.9 Å². The molecule has 1 aromatic carbocycles. The molecule has 11 heteroatoms. The molecule has 0 radical (unpaired) electrons. The number of phenols is 1. The number of carboxylic acids is 1. The van der Waals surface area contributed by atoms with Crippen molar-refractivity contribution >= 4 is 38.8 Å². The fourth-order valence-corrected chi connectivity index (χ4v) is 4.36. The summed E-state index contributed by atoms with van der Waals surface area (Å²) in [5, 5.41) is 22.2. The van der Waals surface area contributed by atoms with Crippen molar-refractivity contribution in [3.05, 3.63) is 58.1 Å². The fraction of sp³-hybridized carbons (Fsp3) is 0.0667. The van der Waals surface area contributed by atoms with Crippen LogP contribution in [0.15, 0.2) is 44.6 Å². The van der Waals surface area contributed by atoms with Crippen molar-refractivity contribution in [1.82, 2.24) is 19.7 Å². The van der Waals surface area contributed by atoms with Gasteiger partial charge in [-0.2, -0.15) is 13.2 Å². The number of benzene rings is 1. The van der Waals surface area contributed by atoms with Crippen molar-refractivity contribution < 1.29 is 15.0 Å². The second-order valence-electron chi connectivity index (χ2n) is 5.39. The molecule has 1 aliphatic heterocycles. The first kappa shape index (κ1) is 16.4. The molecule has 132 valence electrons. The summed E-state index contributed by atoms with van der Waals surface area (Å²) >= 11 is -0.803. The lowest BCUT2D eigenvalue weighted by Crippen LogP contribution is -2.21. The maximum absolute atomic E-state index is 12.5. The highest BCUT2D eigenvalue weighted by Crippen LogP contribution is 2.39. The first-order valence-corrected chi connectivity index (χ1v) is 9.28. The Kier molecular flexibility index (Phi) is 3.99. The number of carboxylic acid groups (broad SMARTS) is 1. The quantitative estimate of drug-likeness (QED) is 0.396. The molecule has 4 rings (SSSR count). The van der Waals surface area contributed by atoms with E-state index in [0.717, 1.165) is 5.56 Å². The van der Waals surface area contributed by atoms with E-state index in [9.17, 15) is 14.7 Å². The standard InChI is InChI=1S/C15H11IN6O4/c23-10-3-1-8(2-4-10)6-21-11-12(20-16-21)18-15(19-13(11)24)22-7-9(5-17-22)14(25)26/h1-5,7,23H,6H2,(H,25,26)(H,18,19,24). The van der Waals surface area contributed by atoms with E-state index in [-0.39, 0.29) is 22.8 Å². The van der Waals surface area contributed by atoms with E-state index in [1.807, 2.05) is 3.11 Å². The number of aromatic carboxylic acids is 1. The van der Waals surface area contributed by atoms with Crippen LogP contribution in [-0.2, 0) is 6.54 Å². The highest BCUT2D eigenvalue weighted by atomic mass is 127. The van der Waals surface area contributed by atoms with E-state index in [1.54, 1.807) is 24.3 Å². The van der Waals surface area contributed by atoms with Gasteiger partial charge in [0.05, 0.1) is 18.3 Å². The molecule has 26 heavy (non-hydrogen) atoms. The molecule has 0 bridgehead atoms. The largest absolute Gasteiger partial charge is 0.508 e. The van der Waals surface area contributed by atoms with E-state index < -0.39 is 27.3 Å². The van der Waals surface area contributed by atoms with Crippen LogP contribution in [0.4, 0.5) is 11.5 Å². The van der Waals surface area contributed by atoms with E-state index in [1.165, 1.54) is 17.1 Å². The predicted molar refractivity (Wildman–Crippen MR) is 99.3 cm³/mol. The number of aromatic hydroxyl groups is 1. The van der Waals surface area contributed by atoms with Gasteiger partial charge in [0, 0.05) is 6.20 Å². The highest BCUT2D eigenvalue weighted by Gasteiger charge is 2.24. The minimum atomic E-state index is -1.12. The molecule has 0 fully saturated rings. The summed E-state index contributed by atoms with van der Waals surface area (Å²) in [4.78, 5) is 30.4. The van der Waals surface area contributed by atoms with Gasteiger partial charge in [0.25, 0.3) is 5.56 Å². The van der Waals surface area contributed by atoms with E-state index in [4.69, 9.17) is 5.11 Å². The summed E-state index contributed by atoms with van der Waals surface area (Å²) in [6.45, 7) is 0.485. The van der Waals surface area contributed by atoms with Crippen LogP contribution in [0.3, 0.4) is 0 Å². The third-order valence-electron chi connectivity index (χ3n) is 3.62. The molecule has 0 saturated carbocycles. The normalized spacial score (nSPS) is 12.7. The number of nitrogens with zero attached hydrogens (tertiary/aromatic N) is 5. The SMILES string of the molecule is O=C(O)c1cnn(-c2nc3c(c(=O)[nH]2)N(Cc2ccc(O)cc2)I=N3)c1. The van der Waals surface area contributed by atoms with Crippen molar-refractivity contribution in [2.75, 3.05) is 3.11 Å². The lowest BCUT2D eigenvalue weighted by Gasteiger charge is -2.14. The number of aromatic nitrogens is 4. The fourth-order valence-electron chi connectivity index (χ4n) is 2.37. The molecule has 3 aromatic rings. The molecule has 0 spiro atoms. The van der Waals surface area contributed by atoms with Crippen LogP contribution >= 0.6 is 21.3 Å². The average molecular weight is 466 g/mol. The molecule has 0 atom stereocenters. The second-order valence-corrected chi connectivity index (χ2v) is 7.47. The van der Waals surface area contributed by atoms with Crippen LogP contribution < -0.4 is 8.67 Å². The molecule has 0 unspecified atom stereocenters. The van der Waals surface area contributed by atoms with Crippen molar-refractivity contribution in [3.63, 3.8) is 0 Å². The molecular weight excluding hydrogens is 455 g/mol. The van der Waals surface area contributed by atoms with Gasteiger partial charge in [0.1, 0.15) is 27.1 Å². The van der Waals surface area contributed by atoms with E-state index in [2.05, 4.69) is 18.2 Å². The number of nitrogens with one attached hydrogen (secondary N) is 1. The van der Waals surface area contributed by atoms with Gasteiger partial charge in [-0.3, -0.25) is 12.9 Å². The number of fused-ring (bicyclic) bond motifs is 1. The molecule has 0 aliphatic carbocycles. The van der Waals surface area contributed by atoms with E-state index in [0.29, 0.717) is 18.1 Å². The Hall–Kier alpha value is -3.09. The molecule has 1 aliphatic rings. The number of H-pyrrole nitrogens is 1. The Bertz CT molecular complexity index is 1090. The lowest BCUT2D eigenvalue weighted by molar-refractivity contribution is 0.0697. The maximum Gasteiger partial charge on any atom is 0.338 e. The van der Waals surface area contributed by atoms with Crippen molar-refractivity contribution in [2.24, 2.45) is 3.15 Å². The van der Waals surface area contributed by atoms with Crippen molar-refractivity contribution in [2.45, 2.75) is 6.54 Å². The Balaban J connectivity index is 1.66. The topological polar surface area (TPSA) is 137 Å². The first-order valence-electron chi connectivity index (χ1n) is 7.35.